The van der Waals surface area contributed by atoms with Crippen LogP contribution in [0.4, 0.5) is 8.78 Å². The first-order valence-electron chi connectivity index (χ1n) is 13.5. The molecular formula is C30H33BrF2N2O4S. The number of rotatable bonds is 8. The predicted octanol–water partition coefficient (Wildman–Crippen LogP) is 6.62. The molecule has 3 aromatic rings. The number of nitrogens with zero attached hydrogens (tertiary/aromatic N) is 1. The van der Waals surface area contributed by atoms with E-state index in [0.717, 1.165) is 31.1 Å². The van der Waals surface area contributed by atoms with E-state index in [-0.39, 0.29) is 23.1 Å². The molecule has 2 bridgehead atoms. The number of sulfonamides is 1. The zero-order valence-corrected chi connectivity index (χ0v) is 25.0. The summed E-state index contributed by atoms with van der Waals surface area (Å²) in [5, 5.41) is 1.34. The number of benzene rings is 3. The van der Waals surface area contributed by atoms with Crippen LogP contribution >= 0.6 is 15.9 Å². The molecule has 2 heterocycles. The number of hydrogen-bond donors (Lipinski definition) is 1. The van der Waals surface area contributed by atoms with Crippen molar-refractivity contribution in [3.05, 3.63) is 70.7 Å². The van der Waals surface area contributed by atoms with Gasteiger partial charge >= 0.3 is 0 Å². The van der Waals surface area contributed by atoms with Crippen molar-refractivity contribution in [3.63, 3.8) is 0 Å². The predicted molar refractivity (Wildman–Crippen MR) is 154 cm³/mol. The second-order valence-corrected chi connectivity index (χ2v) is 13.9. The average Bonchev–Trinajstić information content (AvgIpc) is 3.17. The highest BCUT2D eigenvalue weighted by Gasteiger charge is 2.53. The van der Waals surface area contributed by atoms with E-state index in [1.165, 1.54) is 41.3 Å². The molecule has 3 unspecified atom stereocenters. The van der Waals surface area contributed by atoms with Crippen LogP contribution in [0.25, 0.3) is 10.8 Å². The van der Waals surface area contributed by atoms with Gasteiger partial charge in [-0.3, -0.25) is 4.79 Å². The largest absolute Gasteiger partial charge is 0.491 e. The maximum Gasteiger partial charge on any atom is 0.298 e. The summed E-state index contributed by atoms with van der Waals surface area (Å²) in [6.07, 6.45) is 2.88. The number of amides is 1. The zero-order valence-electron chi connectivity index (χ0n) is 22.6. The number of halogens is 3. The Bertz CT molecular complexity index is 1500. The van der Waals surface area contributed by atoms with Crippen molar-refractivity contribution in [2.24, 2.45) is 5.92 Å². The number of nitrogens with one attached hydrogen (secondary N) is 1. The minimum absolute atomic E-state index is 0.0264. The van der Waals surface area contributed by atoms with Crippen molar-refractivity contribution in [1.82, 2.24) is 9.62 Å². The summed E-state index contributed by atoms with van der Waals surface area (Å²) in [4.78, 5) is 15.2. The van der Waals surface area contributed by atoms with Crippen LogP contribution in [0.15, 0.2) is 70.0 Å². The third-order valence-corrected chi connectivity index (χ3v) is 9.75. The van der Waals surface area contributed by atoms with Crippen LogP contribution in [0.5, 0.6) is 5.75 Å². The lowest BCUT2D eigenvalue weighted by molar-refractivity contribution is -0.149. The van der Waals surface area contributed by atoms with Gasteiger partial charge in [0.15, 0.2) is 6.04 Å². The lowest BCUT2D eigenvalue weighted by Gasteiger charge is -2.41. The lowest BCUT2D eigenvalue weighted by Crippen LogP contribution is -2.59. The van der Waals surface area contributed by atoms with Crippen LogP contribution in [-0.2, 0) is 20.7 Å². The first-order chi connectivity index (χ1) is 18.8. The number of hydrogen-bond acceptors (Lipinski definition) is 4. The van der Waals surface area contributed by atoms with E-state index in [9.17, 15) is 13.2 Å². The first kappa shape index (κ1) is 29.0. The van der Waals surface area contributed by atoms with Gasteiger partial charge in [-0.2, -0.15) is 13.5 Å². The van der Waals surface area contributed by atoms with Gasteiger partial charge < -0.3 is 9.64 Å². The highest BCUT2D eigenvalue weighted by Crippen LogP contribution is 2.42. The van der Waals surface area contributed by atoms with Crippen LogP contribution < -0.4 is 9.46 Å². The number of piperidine rings is 1. The molecule has 2 aliphatic heterocycles. The Balaban J connectivity index is 1.50. The summed E-state index contributed by atoms with van der Waals surface area (Å²) in [5.74, 6) is -3.66. The van der Waals surface area contributed by atoms with Crippen molar-refractivity contribution in [1.29, 1.82) is 0 Å². The Labute approximate surface area is 242 Å². The van der Waals surface area contributed by atoms with E-state index >= 15 is 8.78 Å². The molecule has 1 N–H and O–H groups in total. The van der Waals surface area contributed by atoms with Gasteiger partial charge in [0.25, 0.3) is 5.92 Å². The van der Waals surface area contributed by atoms with E-state index in [0.29, 0.717) is 21.5 Å². The fourth-order valence-corrected chi connectivity index (χ4v) is 7.50. The van der Waals surface area contributed by atoms with Gasteiger partial charge in [0.2, 0.25) is 15.9 Å². The van der Waals surface area contributed by atoms with Crippen molar-refractivity contribution in [2.75, 3.05) is 0 Å². The molecule has 0 radical (unpaired) electrons. The Morgan fingerprint density at radius 1 is 1.00 bits per heavy atom. The Kier molecular flexibility index (Phi) is 7.98. The zero-order chi connectivity index (χ0) is 28.8. The first-order valence-corrected chi connectivity index (χ1v) is 15.8. The van der Waals surface area contributed by atoms with Crippen LogP contribution in [0.2, 0.25) is 0 Å². The molecule has 0 saturated carbocycles. The quantitative estimate of drug-likeness (QED) is 0.302. The molecule has 2 saturated heterocycles. The number of alkyl halides is 2. The smallest absolute Gasteiger partial charge is 0.298 e. The van der Waals surface area contributed by atoms with Crippen molar-refractivity contribution < 1.29 is 26.7 Å². The maximum atomic E-state index is 16.2. The van der Waals surface area contributed by atoms with Gasteiger partial charge in [0.1, 0.15) is 5.75 Å². The second kappa shape index (κ2) is 11.0. The number of fused-ring (bicyclic) bond motifs is 3. The topological polar surface area (TPSA) is 75.7 Å². The molecule has 40 heavy (non-hydrogen) atoms. The van der Waals surface area contributed by atoms with E-state index < -0.39 is 33.5 Å². The van der Waals surface area contributed by atoms with Crippen molar-refractivity contribution >= 4 is 42.6 Å². The molecule has 3 atom stereocenters. The van der Waals surface area contributed by atoms with E-state index in [1.807, 2.05) is 13.8 Å². The van der Waals surface area contributed by atoms with Crippen LogP contribution in [0, 0.1) is 5.92 Å². The molecular weight excluding hydrogens is 602 g/mol. The van der Waals surface area contributed by atoms with E-state index in [1.54, 1.807) is 24.3 Å². The molecule has 1 amide bonds. The van der Waals surface area contributed by atoms with Gasteiger partial charge in [-0.15, -0.1) is 0 Å². The van der Waals surface area contributed by atoms with Gasteiger partial charge in [0.05, 0.1) is 11.0 Å². The molecule has 2 fully saturated rings. The fraction of sp³-hybridized carbons (Fsp3) is 0.433. The number of carbonyl (C=O) groups is 1. The summed E-state index contributed by atoms with van der Waals surface area (Å²) in [5.41, 5.74) is -0.439. The number of carbonyl (C=O) groups excluding carboxylic acids is 1. The monoisotopic (exact) mass is 634 g/mol. The highest BCUT2D eigenvalue weighted by molar-refractivity contribution is 9.10. The van der Waals surface area contributed by atoms with Crippen molar-refractivity contribution in [3.8, 4) is 5.75 Å². The summed E-state index contributed by atoms with van der Waals surface area (Å²) >= 11 is 3.25. The fourth-order valence-electron chi connectivity index (χ4n) is 6.01. The lowest BCUT2D eigenvalue weighted by atomic mass is 9.91. The Hall–Kier alpha value is -2.56. The highest BCUT2D eigenvalue weighted by atomic mass is 79.9. The normalized spacial score (nSPS) is 22.1. The SMILES string of the molecule is CC1CC2CCC(C1)N2C(=O)C(NS(=O)(=O)c1ccc2cc(OC(C)C)ccc2c1)C(F)(F)c1ccc(Br)cc1. The minimum Gasteiger partial charge on any atom is -0.491 e. The maximum absolute atomic E-state index is 16.2. The van der Waals surface area contributed by atoms with Gasteiger partial charge in [-0.1, -0.05) is 47.1 Å². The van der Waals surface area contributed by atoms with Crippen LogP contribution in [0.1, 0.15) is 52.0 Å². The van der Waals surface area contributed by atoms with Crippen molar-refractivity contribution in [2.45, 2.75) is 81.5 Å². The molecule has 6 nitrogen and oxygen atoms in total. The average molecular weight is 636 g/mol. The second-order valence-electron chi connectivity index (χ2n) is 11.2. The summed E-state index contributed by atoms with van der Waals surface area (Å²) in [6.45, 7) is 5.91. The van der Waals surface area contributed by atoms with Gasteiger partial charge in [-0.05, 0) is 92.6 Å². The summed E-state index contributed by atoms with van der Waals surface area (Å²) in [7, 11) is -4.51. The molecule has 3 aromatic carbocycles. The molecule has 10 heteroatoms. The van der Waals surface area contributed by atoms with Crippen LogP contribution in [-0.4, -0.2) is 43.5 Å². The standard InChI is InChI=1S/C30H33BrF2N2O4S/c1-18(2)39-26-12-4-21-17-27(13-5-20(21)16-26)40(37,38)34-28(30(32,33)22-6-8-23(31)9-7-22)29(36)35-24-10-11-25(35)15-19(3)14-24/h4-9,12-13,16-19,24-25,28,34H,10-11,14-15H2,1-3H3. The molecule has 0 aromatic heterocycles. The molecule has 5 rings (SSSR count). The van der Waals surface area contributed by atoms with Crippen LogP contribution in [0.3, 0.4) is 0 Å². The minimum atomic E-state index is -4.51. The molecule has 0 aliphatic carbocycles. The molecule has 2 aliphatic rings. The third-order valence-electron chi connectivity index (χ3n) is 7.80. The Morgan fingerprint density at radius 3 is 2.23 bits per heavy atom. The third kappa shape index (κ3) is 5.76. The van der Waals surface area contributed by atoms with E-state index in [2.05, 4.69) is 27.6 Å². The summed E-state index contributed by atoms with van der Waals surface area (Å²) < 4.78 is 68.0. The van der Waals surface area contributed by atoms with Gasteiger partial charge in [-0.25, -0.2) is 8.42 Å². The number of ether oxygens (including phenoxy) is 1. The van der Waals surface area contributed by atoms with Gasteiger partial charge in [0, 0.05) is 22.1 Å². The summed E-state index contributed by atoms with van der Waals surface area (Å²) in [6, 6.07) is 12.3. The Morgan fingerprint density at radius 2 is 1.60 bits per heavy atom. The molecule has 214 valence electrons. The van der Waals surface area contributed by atoms with E-state index in [4.69, 9.17) is 4.74 Å². The molecule has 0 spiro atoms.